The van der Waals surface area contributed by atoms with E-state index in [0.717, 1.165) is 13.8 Å². The number of esters is 3. The van der Waals surface area contributed by atoms with Crippen LogP contribution < -0.4 is 10.1 Å². The molecule has 2 rings (SSSR count). The molecule has 0 saturated carbocycles. The van der Waals surface area contributed by atoms with Crippen LogP contribution in [0.4, 0.5) is 0 Å². The van der Waals surface area contributed by atoms with Crippen LogP contribution >= 0.6 is 0 Å². The van der Waals surface area contributed by atoms with Gasteiger partial charge >= 0.3 is 17.9 Å². The first kappa shape index (κ1) is 24.8. The van der Waals surface area contributed by atoms with E-state index in [1.807, 2.05) is 0 Å². The van der Waals surface area contributed by atoms with Crippen LogP contribution in [-0.2, 0) is 38.1 Å². The molecule has 0 bridgehead atoms. The normalized spacial score (nSPS) is 24.6. The largest absolute Gasteiger partial charge is 0.463 e. The predicted molar refractivity (Wildman–Crippen MR) is 106 cm³/mol. The quantitative estimate of drug-likeness (QED) is 0.338. The molecule has 1 aliphatic rings. The minimum absolute atomic E-state index is 0.140. The van der Waals surface area contributed by atoms with E-state index in [-0.39, 0.29) is 17.9 Å². The number of nitrogens with one attached hydrogen (secondary N) is 1. The average Bonchev–Trinajstić information content (AvgIpc) is 2.70. The summed E-state index contributed by atoms with van der Waals surface area (Å²) in [6, 6.07) is 5.15. The Morgan fingerprint density at radius 3 is 2.16 bits per heavy atom. The van der Waals surface area contributed by atoms with Crippen molar-refractivity contribution in [3.63, 3.8) is 0 Å². The lowest BCUT2D eigenvalue weighted by molar-refractivity contribution is -0.257. The number of carbonyl (C=O) groups is 5. The molecule has 0 spiro atoms. The Morgan fingerprint density at radius 1 is 0.969 bits per heavy atom. The van der Waals surface area contributed by atoms with Crippen LogP contribution in [0.2, 0.25) is 0 Å². The lowest BCUT2D eigenvalue weighted by Gasteiger charge is -2.44. The molecule has 174 valence electrons. The van der Waals surface area contributed by atoms with Gasteiger partial charge in [0, 0.05) is 27.7 Å². The van der Waals surface area contributed by atoms with Crippen molar-refractivity contribution in [2.24, 2.45) is 0 Å². The van der Waals surface area contributed by atoms with Crippen LogP contribution in [0.5, 0.6) is 5.75 Å². The second-order valence-corrected chi connectivity index (χ2v) is 6.99. The zero-order chi connectivity index (χ0) is 23.8. The molecule has 11 heteroatoms. The van der Waals surface area contributed by atoms with E-state index in [9.17, 15) is 24.0 Å². The first-order valence-electron chi connectivity index (χ1n) is 9.73. The molecule has 1 aromatic carbocycles. The average molecular weight is 451 g/mol. The van der Waals surface area contributed by atoms with Crippen molar-refractivity contribution >= 4 is 30.1 Å². The Balaban J connectivity index is 2.49. The zero-order valence-corrected chi connectivity index (χ0v) is 18.1. The Bertz CT molecular complexity index is 870. The van der Waals surface area contributed by atoms with Crippen molar-refractivity contribution in [2.45, 2.75) is 58.3 Å². The third kappa shape index (κ3) is 6.77. The number of carbonyl (C=O) groups excluding carboxylic acids is 5. The fraction of sp³-hybridized carbons (Fsp3) is 0.476. The standard InChI is InChI=1S/C21H25NO10/c1-11(24)22-18-20(30-14(4)27)19(29-13(3)26)17(10-28-12(2)25)32-21(18)31-16-8-6-5-7-15(16)9-23/h5-9,17-21H,10H2,1-4H3,(H,22,24). The van der Waals surface area contributed by atoms with Gasteiger partial charge in [0.2, 0.25) is 12.2 Å². The van der Waals surface area contributed by atoms with Crippen molar-refractivity contribution in [1.82, 2.24) is 5.32 Å². The molecule has 1 N–H and O–H groups in total. The first-order chi connectivity index (χ1) is 15.1. The van der Waals surface area contributed by atoms with Crippen LogP contribution in [0, 0.1) is 0 Å². The molecule has 1 fully saturated rings. The van der Waals surface area contributed by atoms with Gasteiger partial charge in [-0.05, 0) is 12.1 Å². The maximum atomic E-state index is 11.9. The molecular weight excluding hydrogens is 426 g/mol. The monoisotopic (exact) mass is 451 g/mol. The fourth-order valence-electron chi connectivity index (χ4n) is 3.20. The smallest absolute Gasteiger partial charge is 0.303 e. The maximum Gasteiger partial charge on any atom is 0.303 e. The molecular formula is C21H25NO10. The summed E-state index contributed by atoms with van der Waals surface area (Å²) in [6.45, 7) is 4.34. The summed E-state index contributed by atoms with van der Waals surface area (Å²) in [5, 5.41) is 2.58. The van der Waals surface area contributed by atoms with Gasteiger partial charge in [0.15, 0.2) is 18.5 Å². The predicted octanol–water partition coefficient (Wildman–Crippen LogP) is 0.534. The molecule has 0 aliphatic carbocycles. The first-order valence-corrected chi connectivity index (χ1v) is 9.73. The lowest BCUT2D eigenvalue weighted by Crippen LogP contribution is -2.67. The molecule has 1 aliphatic heterocycles. The lowest BCUT2D eigenvalue weighted by atomic mass is 9.96. The highest BCUT2D eigenvalue weighted by atomic mass is 16.7. The van der Waals surface area contributed by atoms with Gasteiger partial charge in [-0.25, -0.2) is 0 Å². The van der Waals surface area contributed by atoms with Crippen LogP contribution in [0.1, 0.15) is 38.1 Å². The molecule has 5 unspecified atom stereocenters. The van der Waals surface area contributed by atoms with Crippen molar-refractivity contribution in [3.8, 4) is 5.75 Å². The van der Waals surface area contributed by atoms with E-state index in [2.05, 4.69) is 5.32 Å². The summed E-state index contributed by atoms with van der Waals surface area (Å²) >= 11 is 0. The Morgan fingerprint density at radius 2 is 1.59 bits per heavy atom. The summed E-state index contributed by atoms with van der Waals surface area (Å²) in [5.41, 5.74) is 0.209. The fourth-order valence-corrected chi connectivity index (χ4v) is 3.20. The van der Waals surface area contributed by atoms with Gasteiger partial charge in [-0.2, -0.15) is 0 Å². The summed E-state index contributed by atoms with van der Waals surface area (Å²) in [5.74, 6) is -2.42. The van der Waals surface area contributed by atoms with Gasteiger partial charge in [0.05, 0.1) is 5.56 Å². The van der Waals surface area contributed by atoms with Crippen LogP contribution in [0.15, 0.2) is 24.3 Å². The molecule has 0 radical (unpaired) electrons. The summed E-state index contributed by atoms with van der Waals surface area (Å²) in [6.07, 6.45) is -4.30. The highest BCUT2D eigenvalue weighted by Gasteiger charge is 2.52. The minimum Gasteiger partial charge on any atom is -0.463 e. The van der Waals surface area contributed by atoms with Crippen molar-refractivity contribution in [1.29, 1.82) is 0 Å². The number of aldehydes is 1. The Labute approximate surface area is 184 Å². The number of hydrogen-bond acceptors (Lipinski definition) is 10. The molecule has 1 heterocycles. The van der Waals surface area contributed by atoms with Gasteiger partial charge in [0.25, 0.3) is 0 Å². The third-order valence-corrected chi connectivity index (χ3v) is 4.36. The Kier molecular flexibility index (Phi) is 8.71. The SMILES string of the molecule is CC(=O)NC1C(Oc2ccccc2C=O)OC(COC(C)=O)C(OC(C)=O)C1OC(C)=O. The van der Waals surface area contributed by atoms with E-state index in [1.165, 1.54) is 26.0 Å². The van der Waals surface area contributed by atoms with Gasteiger partial charge < -0.3 is 29.0 Å². The van der Waals surface area contributed by atoms with Gasteiger partial charge in [-0.1, -0.05) is 12.1 Å². The van der Waals surface area contributed by atoms with Crippen molar-refractivity contribution < 1.29 is 47.7 Å². The molecule has 5 atom stereocenters. The number of rotatable bonds is 8. The van der Waals surface area contributed by atoms with Gasteiger partial charge in [0.1, 0.15) is 24.5 Å². The van der Waals surface area contributed by atoms with E-state index in [1.54, 1.807) is 12.1 Å². The van der Waals surface area contributed by atoms with Gasteiger partial charge in [-0.3, -0.25) is 24.0 Å². The van der Waals surface area contributed by atoms with E-state index >= 15 is 0 Å². The number of hydrogen-bond donors (Lipinski definition) is 1. The number of amides is 1. The molecule has 1 saturated heterocycles. The number of para-hydroxylation sites is 1. The molecule has 1 amide bonds. The van der Waals surface area contributed by atoms with Crippen molar-refractivity contribution in [2.75, 3.05) is 6.61 Å². The number of ether oxygens (including phenoxy) is 5. The van der Waals surface area contributed by atoms with Crippen molar-refractivity contribution in [3.05, 3.63) is 29.8 Å². The summed E-state index contributed by atoms with van der Waals surface area (Å²) in [7, 11) is 0. The highest BCUT2D eigenvalue weighted by Crippen LogP contribution is 2.30. The van der Waals surface area contributed by atoms with E-state index in [4.69, 9.17) is 23.7 Å². The van der Waals surface area contributed by atoms with Crippen LogP contribution in [0.3, 0.4) is 0 Å². The molecule has 11 nitrogen and oxygen atoms in total. The second kappa shape index (κ2) is 11.2. The molecule has 0 aromatic heterocycles. The van der Waals surface area contributed by atoms with E-state index < -0.39 is 54.5 Å². The summed E-state index contributed by atoms with van der Waals surface area (Å²) in [4.78, 5) is 58.2. The molecule has 1 aromatic rings. The van der Waals surface area contributed by atoms with Crippen LogP contribution in [-0.4, -0.2) is 67.4 Å². The topological polar surface area (TPSA) is 144 Å². The van der Waals surface area contributed by atoms with Gasteiger partial charge in [-0.15, -0.1) is 0 Å². The minimum atomic E-state index is -1.29. The molecule has 32 heavy (non-hydrogen) atoms. The Hall–Kier alpha value is -3.47. The number of benzene rings is 1. The van der Waals surface area contributed by atoms with Crippen LogP contribution in [0.25, 0.3) is 0 Å². The van der Waals surface area contributed by atoms with E-state index in [0.29, 0.717) is 6.29 Å². The maximum absolute atomic E-state index is 11.9. The second-order valence-electron chi connectivity index (χ2n) is 6.99. The summed E-state index contributed by atoms with van der Waals surface area (Å²) < 4.78 is 27.4. The zero-order valence-electron chi connectivity index (χ0n) is 18.1. The highest BCUT2D eigenvalue weighted by molar-refractivity contribution is 5.79. The third-order valence-electron chi connectivity index (χ3n) is 4.36.